The van der Waals surface area contributed by atoms with Crippen molar-refractivity contribution in [2.75, 3.05) is 26.0 Å². The number of nitrogens with one attached hydrogen (secondary N) is 1. The lowest BCUT2D eigenvalue weighted by Crippen LogP contribution is -2.41. The molecule has 8 nitrogen and oxygen atoms in total. The monoisotopic (exact) mass is 317 g/mol. The summed E-state index contributed by atoms with van der Waals surface area (Å²) in [5.41, 5.74) is 0.237. The first-order valence-electron chi connectivity index (χ1n) is 6.74. The zero-order chi connectivity index (χ0) is 15.5. The van der Waals surface area contributed by atoms with Crippen molar-refractivity contribution >= 4 is 16.0 Å². The number of ether oxygens (including phenoxy) is 2. The van der Waals surface area contributed by atoms with E-state index in [0.29, 0.717) is 31.8 Å². The van der Waals surface area contributed by atoms with Gasteiger partial charge in [-0.2, -0.15) is 0 Å². The molecule has 0 unspecified atom stereocenters. The molecule has 0 bridgehead atoms. The molecule has 2 rings (SSSR count). The Morgan fingerprint density at radius 1 is 1.48 bits per heavy atom. The van der Waals surface area contributed by atoms with Gasteiger partial charge in [0.05, 0.1) is 12.9 Å². The average molecular weight is 317 g/mol. The molecule has 0 aliphatic carbocycles. The lowest BCUT2D eigenvalue weighted by molar-refractivity contribution is 0.0519. The zero-order valence-corrected chi connectivity index (χ0v) is 12.9. The Morgan fingerprint density at radius 2 is 2.14 bits per heavy atom. The van der Waals surface area contributed by atoms with Crippen molar-refractivity contribution in [1.29, 1.82) is 0 Å². The fourth-order valence-corrected chi connectivity index (χ4v) is 3.00. The summed E-state index contributed by atoms with van der Waals surface area (Å²) in [6.07, 6.45) is 2.28. The topological polar surface area (TPSA) is 102 Å². The molecule has 1 saturated heterocycles. The fraction of sp³-hybridized carbons (Fsp3) is 0.667. The van der Waals surface area contributed by atoms with Crippen LogP contribution in [-0.2, 0) is 14.8 Å². The highest BCUT2D eigenvalue weighted by Gasteiger charge is 2.26. The van der Waals surface area contributed by atoms with Crippen molar-refractivity contribution < 1.29 is 22.7 Å². The fourth-order valence-electron chi connectivity index (χ4n) is 2.13. The third-order valence-electron chi connectivity index (χ3n) is 3.21. The Balaban J connectivity index is 1.88. The summed E-state index contributed by atoms with van der Waals surface area (Å²) in [4.78, 5) is 11.5. The van der Waals surface area contributed by atoms with E-state index in [4.69, 9.17) is 9.47 Å². The Labute approximate surface area is 123 Å². The van der Waals surface area contributed by atoms with Crippen molar-refractivity contribution in [3.05, 3.63) is 11.8 Å². The van der Waals surface area contributed by atoms with Crippen molar-refractivity contribution in [3.8, 4) is 5.88 Å². The van der Waals surface area contributed by atoms with Crippen LogP contribution in [0.4, 0.5) is 0 Å². The molecule has 0 radical (unpaired) electrons. The number of aromatic nitrogens is 2. The van der Waals surface area contributed by atoms with Crippen molar-refractivity contribution in [2.24, 2.45) is 0 Å². The standard InChI is InChI=1S/C12H19N3O5S/c1-3-19-12(16)10-8-11(14-13-10)20-9-4-6-15(7-5-9)21(2,17)18/h8-9H,3-7H2,1-2H3,(H,13,14). The lowest BCUT2D eigenvalue weighted by atomic mass is 10.1. The number of aromatic amines is 1. The second kappa shape index (κ2) is 6.44. The van der Waals surface area contributed by atoms with Gasteiger partial charge < -0.3 is 9.47 Å². The summed E-state index contributed by atoms with van der Waals surface area (Å²) in [7, 11) is -3.14. The van der Waals surface area contributed by atoms with E-state index in [1.54, 1.807) is 6.92 Å². The van der Waals surface area contributed by atoms with Gasteiger partial charge in [0.2, 0.25) is 15.9 Å². The molecule has 0 aromatic carbocycles. The van der Waals surface area contributed by atoms with Crippen LogP contribution in [0.25, 0.3) is 0 Å². The van der Waals surface area contributed by atoms with Gasteiger partial charge in [0.1, 0.15) is 11.8 Å². The smallest absolute Gasteiger partial charge is 0.356 e. The lowest BCUT2D eigenvalue weighted by Gasteiger charge is -2.29. The Bertz CT molecular complexity index is 590. The molecular weight excluding hydrogens is 298 g/mol. The summed E-state index contributed by atoms with van der Waals surface area (Å²) in [5, 5.41) is 6.46. The molecule has 1 aromatic rings. The average Bonchev–Trinajstić information content (AvgIpc) is 2.87. The van der Waals surface area contributed by atoms with Crippen LogP contribution in [0.2, 0.25) is 0 Å². The predicted molar refractivity (Wildman–Crippen MR) is 74.6 cm³/mol. The van der Waals surface area contributed by atoms with Crippen molar-refractivity contribution in [1.82, 2.24) is 14.5 Å². The maximum atomic E-state index is 11.5. The van der Waals surface area contributed by atoms with E-state index in [2.05, 4.69) is 10.2 Å². The molecule has 0 spiro atoms. The van der Waals surface area contributed by atoms with E-state index >= 15 is 0 Å². The summed E-state index contributed by atoms with van der Waals surface area (Å²) in [6.45, 7) is 2.87. The first kappa shape index (κ1) is 15.8. The maximum Gasteiger partial charge on any atom is 0.356 e. The minimum absolute atomic E-state index is 0.110. The van der Waals surface area contributed by atoms with Gasteiger partial charge in [-0.3, -0.25) is 5.10 Å². The van der Waals surface area contributed by atoms with Crippen LogP contribution in [0.1, 0.15) is 30.3 Å². The van der Waals surface area contributed by atoms with E-state index in [-0.39, 0.29) is 18.4 Å². The maximum absolute atomic E-state index is 11.5. The number of piperidine rings is 1. The van der Waals surface area contributed by atoms with Crippen LogP contribution in [0.3, 0.4) is 0 Å². The molecule has 21 heavy (non-hydrogen) atoms. The molecule has 9 heteroatoms. The Morgan fingerprint density at radius 3 is 2.71 bits per heavy atom. The van der Waals surface area contributed by atoms with Gasteiger partial charge in [0.15, 0.2) is 0 Å². The zero-order valence-electron chi connectivity index (χ0n) is 12.0. The van der Waals surface area contributed by atoms with Gasteiger partial charge in [-0.25, -0.2) is 17.5 Å². The van der Waals surface area contributed by atoms with E-state index in [0.717, 1.165) is 0 Å². The molecule has 0 atom stereocenters. The SMILES string of the molecule is CCOC(=O)c1cc(OC2CCN(S(C)(=O)=O)CC2)n[nH]1. The van der Waals surface area contributed by atoms with E-state index in [1.807, 2.05) is 0 Å². The highest BCUT2D eigenvalue weighted by atomic mass is 32.2. The van der Waals surface area contributed by atoms with Gasteiger partial charge in [-0.05, 0) is 19.8 Å². The third kappa shape index (κ3) is 4.18. The quantitative estimate of drug-likeness (QED) is 0.788. The highest BCUT2D eigenvalue weighted by molar-refractivity contribution is 7.88. The molecule has 1 aromatic heterocycles. The number of sulfonamides is 1. The van der Waals surface area contributed by atoms with Crippen molar-refractivity contribution in [2.45, 2.75) is 25.9 Å². The second-order valence-corrected chi connectivity index (χ2v) is 6.80. The van der Waals surface area contributed by atoms with Crippen LogP contribution >= 0.6 is 0 Å². The summed E-state index contributed by atoms with van der Waals surface area (Å²) < 4.78 is 34.7. The molecule has 118 valence electrons. The van der Waals surface area contributed by atoms with Crippen molar-refractivity contribution in [3.63, 3.8) is 0 Å². The van der Waals surface area contributed by atoms with Gasteiger partial charge in [0, 0.05) is 19.2 Å². The predicted octanol–water partition coefficient (Wildman–Crippen LogP) is 0.389. The highest BCUT2D eigenvalue weighted by Crippen LogP contribution is 2.19. The Hall–Kier alpha value is -1.61. The van der Waals surface area contributed by atoms with Gasteiger partial charge >= 0.3 is 5.97 Å². The number of hydrogen-bond acceptors (Lipinski definition) is 6. The third-order valence-corrected chi connectivity index (χ3v) is 4.51. The van der Waals surface area contributed by atoms with Crippen LogP contribution in [0.15, 0.2) is 6.07 Å². The van der Waals surface area contributed by atoms with Gasteiger partial charge in [-0.15, -0.1) is 5.10 Å². The number of nitrogens with zero attached hydrogens (tertiary/aromatic N) is 2. The van der Waals surface area contributed by atoms with Crippen LogP contribution < -0.4 is 4.74 Å². The summed E-state index contributed by atoms with van der Waals surface area (Å²) in [5.74, 6) is -0.164. The minimum atomic E-state index is -3.14. The minimum Gasteiger partial charge on any atom is -0.473 e. The largest absolute Gasteiger partial charge is 0.473 e. The van der Waals surface area contributed by atoms with Crippen LogP contribution in [0.5, 0.6) is 5.88 Å². The molecule has 2 heterocycles. The van der Waals surface area contributed by atoms with E-state index < -0.39 is 16.0 Å². The molecule has 0 amide bonds. The molecular formula is C12H19N3O5S. The van der Waals surface area contributed by atoms with E-state index in [1.165, 1.54) is 16.6 Å². The summed E-state index contributed by atoms with van der Waals surface area (Å²) in [6, 6.07) is 1.49. The molecule has 0 saturated carbocycles. The van der Waals surface area contributed by atoms with Gasteiger partial charge in [-0.1, -0.05) is 0 Å². The Kier molecular flexibility index (Phi) is 4.84. The second-order valence-electron chi connectivity index (χ2n) is 4.82. The number of carbonyl (C=O) groups is 1. The van der Waals surface area contributed by atoms with Gasteiger partial charge in [0.25, 0.3) is 0 Å². The molecule has 1 N–H and O–H groups in total. The number of H-pyrrole nitrogens is 1. The first-order chi connectivity index (χ1) is 9.90. The number of esters is 1. The van der Waals surface area contributed by atoms with Crippen LogP contribution in [0, 0.1) is 0 Å². The summed E-state index contributed by atoms with van der Waals surface area (Å²) >= 11 is 0. The molecule has 1 aliphatic heterocycles. The molecule has 1 aliphatic rings. The normalized spacial score (nSPS) is 17.6. The number of rotatable bonds is 5. The first-order valence-corrected chi connectivity index (χ1v) is 8.59. The number of hydrogen-bond donors (Lipinski definition) is 1. The number of carbonyl (C=O) groups excluding carboxylic acids is 1. The van der Waals surface area contributed by atoms with E-state index in [9.17, 15) is 13.2 Å². The molecule has 1 fully saturated rings. The van der Waals surface area contributed by atoms with Crippen LogP contribution in [-0.4, -0.2) is 60.9 Å².